The van der Waals surface area contributed by atoms with Crippen LogP contribution in [0.1, 0.15) is 45.1 Å². The van der Waals surface area contributed by atoms with E-state index in [0.717, 1.165) is 25.7 Å². The largest absolute Gasteiger partial charge is 0.493 e. The van der Waals surface area contributed by atoms with Gasteiger partial charge >= 0.3 is 0 Å². The molecule has 1 fully saturated rings. The van der Waals surface area contributed by atoms with Gasteiger partial charge < -0.3 is 9.47 Å². The third-order valence-corrected chi connectivity index (χ3v) is 7.52. The summed E-state index contributed by atoms with van der Waals surface area (Å²) in [7, 11) is 1.54. The van der Waals surface area contributed by atoms with Gasteiger partial charge in [0.1, 0.15) is 15.5 Å². The zero-order valence-corrected chi connectivity index (χ0v) is 22.2. The highest BCUT2D eigenvalue weighted by Crippen LogP contribution is 2.36. The van der Waals surface area contributed by atoms with Crippen LogP contribution in [0.25, 0.3) is 11.7 Å². The lowest BCUT2D eigenvalue weighted by atomic mass is 9.99. The Morgan fingerprint density at radius 2 is 1.86 bits per heavy atom. The minimum absolute atomic E-state index is 0.0929. The van der Waals surface area contributed by atoms with Gasteiger partial charge in [0.05, 0.1) is 12.0 Å². The highest BCUT2D eigenvalue weighted by Gasteiger charge is 2.34. The van der Waals surface area contributed by atoms with Crippen LogP contribution >= 0.6 is 24.0 Å². The van der Waals surface area contributed by atoms with Crippen LogP contribution in [-0.2, 0) is 4.79 Å². The number of aromatic nitrogens is 2. The molecular weight excluding hydrogens is 494 g/mol. The Kier molecular flexibility index (Phi) is 8.43. The molecule has 1 amide bonds. The van der Waals surface area contributed by atoms with E-state index in [4.69, 9.17) is 21.7 Å². The van der Waals surface area contributed by atoms with Gasteiger partial charge in [-0.15, -0.1) is 0 Å². The summed E-state index contributed by atoms with van der Waals surface area (Å²) in [4.78, 5) is 33.5. The maximum Gasteiger partial charge on any atom is 0.269 e. The Hall–Kier alpha value is -3.17. The molecule has 0 bridgehead atoms. The molecule has 3 aromatic rings. The first-order valence-electron chi connectivity index (χ1n) is 12.0. The van der Waals surface area contributed by atoms with Crippen LogP contribution in [0.15, 0.2) is 58.4 Å². The number of hydrogen-bond donors (Lipinski definition) is 0. The quantitative estimate of drug-likeness (QED) is 0.241. The number of nitrogens with zero attached hydrogens (tertiary/aromatic N) is 3. The first-order chi connectivity index (χ1) is 17.5. The van der Waals surface area contributed by atoms with Gasteiger partial charge in [-0.05, 0) is 42.7 Å². The van der Waals surface area contributed by atoms with Crippen LogP contribution in [0.5, 0.6) is 17.4 Å². The zero-order valence-electron chi connectivity index (χ0n) is 20.6. The number of benzene rings is 1. The molecule has 36 heavy (non-hydrogen) atoms. The van der Waals surface area contributed by atoms with Crippen molar-refractivity contribution >= 4 is 45.9 Å². The van der Waals surface area contributed by atoms with Gasteiger partial charge in [0.15, 0.2) is 11.5 Å². The second-order valence-corrected chi connectivity index (χ2v) is 10.2. The molecule has 1 saturated heterocycles. The molecule has 0 radical (unpaired) electrons. The second kappa shape index (κ2) is 11.7. The van der Waals surface area contributed by atoms with E-state index >= 15 is 0 Å². The normalized spacial score (nSPS) is 15.6. The number of pyridine rings is 1. The Balaban J connectivity index is 1.74. The molecule has 1 aliphatic rings. The Morgan fingerprint density at radius 3 is 2.58 bits per heavy atom. The molecule has 7 nitrogen and oxygen atoms in total. The van der Waals surface area contributed by atoms with Crippen molar-refractivity contribution in [1.29, 1.82) is 0 Å². The third kappa shape index (κ3) is 5.47. The van der Waals surface area contributed by atoms with Gasteiger partial charge in [-0.2, -0.15) is 4.98 Å². The SMILES string of the molecule is CCCCC(CC)CN1C(=O)/C(=C\c2c(Oc3ccccc3OC)nc3ccccn3c2=O)SC1=S. The molecule has 3 heterocycles. The average Bonchev–Trinajstić information content (AvgIpc) is 3.16. The summed E-state index contributed by atoms with van der Waals surface area (Å²) in [5.41, 5.74) is 0.257. The van der Waals surface area contributed by atoms with Gasteiger partial charge in [-0.25, -0.2) is 0 Å². The molecular formula is C27H29N3O4S2. The molecule has 2 aromatic heterocycles. The number of thiocarbonyl (C=S) groups is 1. The van der Waals surface area contributed by atoms with Crippen molar-refractivity contribution in [3.8, 4) is 17.4 Å². The van der Waals surface area contributed by atoms with Crippen molar-refractivity contribution in [3.05, 3.63) is 69.5 Å². The monoisotopic (exact) mass is 523 g/mol. The predicted molar refractivity (Wildman–Crippen MR) is 148 cm³/mol. The van der Waals surface area contributed by atoms with Crippen LogP contribution in [0.3, 0.4) is 0 Å². The van der Waals surface area contributed by atoms with Crippen molar-refractivity contribution in [2.45, 2.75) is 39.5 Å². The summed E-state index contributed by atoms with van der Waals surface area (Å²) in [5.74, 6) is 1.19. The maximum absolute atomic E-state index is 13.5. The molecule has 1 aliphatic heterocycles. The lowest BCUT2D eigenvalue weighted by Gasteiger charge is -2.21. The summed E-state index contributed by atoms with van der Waals surface area (Å²) < 4.78 is 13.4. The maximum atomic E-state index is 13.5. The molecule has 4 rings (SSSR count). The van der Waals surface area contributed by atoms with Gasteiger partial charge in [0.25, 0.3) is 11.5 Å². The van der Waals surface area contributed by atoms with Gasteiger partial charge in [-0.3, -0.25) is 18.9 Å². The van der Waals surface area contributed by atoms with E-state index in [1.807, 2.05) is 6.07 Å². The van der Waals surface area contributed by atoms with E-state index in [1.54, 1.807) is 60.7 Å². The number of ether oxygens (including phenoxy) is 2. The van der Waals surface area contributed by atoms with E-state index in [9.17, 15) is 9.59 Å². The molecule has 0 saturated carbocycles. The smallest absolute Gasteiger partial charge is 0.269 e. The molecule has 1 unspecified atom stereocenters. The molecule has 1 aromatic carbocycles. The van der Waals surface area contributed by atoms with Crippen molar-refractivity contribution in [2.75, 3.05) is 13.7 Å². The number of fused-ring (bicyclic) bond motifs is 1. The number of carbonyl (C=O) groups is 1. The molecule has 1 atom stereocenters. The highest BCUT2D eigenvalue weighted by molar-refractivity contribution is 8.26. The fourth-order valence-electron chi connectivity index (χ4n) is 4.05. The Labute approximate surface area is 220 Å². The number of unbranched alkanes of at least 4 members (excludes halogenated alkanes) is 1. The lowest BCUT2D eigenvalue weighted by Crippen LogP contribution is -2.33. The van der Waals surface area contributed by atoms with Crippen molar-refractivity contribution in [3.63, 3.8) is 0 Å². The Bertz CT molecular complexity index is 1370. The number of amides is 1. The van der Waals surface area contributed by atoms with Gasteiger partial charge in [0.2, 0.25) is 5.88 Å². The minimum atomic E-state index is -0.342. The van der Waals surface area contributed by atoms with E-state index in [1.165, 1.54) is 16.2 Å². The number of methoxy groups -OCH3 is 1. The van der Waals surface area contributed by atoms with Crippen LogP contribution in [-0.4, -0.2) is 38.2 Å². The van der Waals surface area contributed by atoms with E-state index in [2.05, 4.69) is 18.8 Å². The van der Waals surface area contributed by atoms with Crippen molar-refractivity contribution in [1.82, 2.24) is 14.3 Å². The number of rotatable bonds is 10. The minimum Gasteiger partial charge on any atom is -0.493 e. The fraction of sp³-hybridized carbons (Fsp3) is 0.333. The van der Waals surface area contributed by atoms with Crippen LogP contribution in [0, 0.1) is 5.92 Å². The first-order valence-corrected chi connectivity index (χ1v) is 13.3. The molecule has 9 heteroatoms. The average molecular weight is 524 g/mol. The summed E-state index contributed by atoms with van der Waals surface area (Å²) in [6, 6.07) is 12.4. The van der Waals surface area contributed by atoms with Crippen LogP contribution < -0.4 is 15.0 Å². The van der Waals surface area contributed by atoms with E-state index in [-0.39, 0.29) is 22.9 Å². The van der Waals surface area contributed by atoms with Gasteiger partial charge in [-0.1, -0.05) is 75.3 Å². The summed E-state index contributed by atoms with van der Waals surface area (Å²) in [6.07, 6.45) is 7.44. The lowest BCUT2D eigenvalue weighted by molar-refractivity contribution is -0.122. The zero-order chi connectivity index (χ0) is 25.7. The molecule has 0 N–H and O–H groups in total. The number of hydrogen-bond acceptors (Lipinski definition) is 7. The number of para-hydroxylation sites is 2. The van der Waals surface area contributed by atoms with Crippen LogP contribution in [0.4, 0.5) is 0 Å². The Morgan fingerprint density at radius 1 is 1.11 bits per heavy atom. The van der Waals surface area contributed by atoms with Crippen molar-refractivity contribution in [2.24, 2.45) is 5.92 Å². The van der Waals surface area contributed by atoms with E-state index < -0.39 is 0 Å². The first kappa shape index (κ1) is 25.9. The third-order valence-electron chi connectivity index (χ3n) is 6.14. The standard InChI is InChI=1S/C27H29N3O4S2/c1-4-6-11-18(5-2)17-30-26(32)22(36-27(30)35)16-19-24(34-21-13-8-7-12-20(21)33-3)28-23-14-9-10-15-29(23)25(19)31/h7-10,12-16,18H,4-6,11,17H2,1-3H3/b22-16+. The molecule has 0 spiro atoms. The topological polar surface area (TPSA) is 73.1 Å². The molecule has 188 valence electrons. The highest BCUT2D eigenvalue weighted by atomic mass is 32.2. The summed E-state index contributed by atoms with van der Waals surface area (Å²) in [5, 5.41) is 0. The van der Waals surface area contributed by atoms with E-state index in [0.29, 0.717) is 38.8 Å². The van der Waals surface area contributed by atoms with Crippen LogP contribution in [0.2, 0.25) is 0 Å². The molecule has 0 aliphatic carbocycles. The predicted octanol–water partition coefficient (Wildman–Crippen LogP) is 5.91. The number of carbonyl (C=O) groups excluding carboxylic acids is 1. The number of thioether (sulfide) groups is 1. The summed E-state index contributed by atoms with van der Waals surface area (Å²) >= 11 is 6.75. The fourth-order valence-corrected chi connectivity index (χ4v) is 5.31. The van der Waals surface area contributed by atoms with Gasteiger partial charge in [0, 0.05) is 12.7 Å². The van der Waals surface area contributed by atoms with Crippen molar-refractivity contribution < 1.29 is 14.3 Å². The second-order valence-electron chi connectivity index (χ2n) is 8.53. The summed E-state index contributed by atoms with van der Waals surface area (Å²) in [6.45, 7) is 4.88.